The molecule has 2 rings (SSSR count). The maximum atomic E-state index is 12.4. The molecule has 4 nitrogen and oxygen atoms in total. The highest BCUT2D eigenvalue weighted by molar-refractivity contribution is 7.80. The number of nitrogens with two attached hydrogens (primary N) is 1. The standard InChI is InChI=1S/C13H14F3N3OS/c14-13(15,16)8-3-4-9(18-7-8)10(20)19-12(11(17)21)5-1-2-6-12/h3-4,7H,1-2,5-6H2,(H2,17,21)(H,19,20). The first-order chi connectivity index (χ1) is 9.74. The van der Waals surface area contributed by atoms with Gasteiger partial charge >= 0.3 is 6.18 Å². The summed E-state index contributed by atoms with van der Waals surface area (Å²) in [7, 11) is 0. The fourth-order valence-electron chi connectivity index (χ4n) is 2.39. The molecule has 0 unspecified atom stereocenters. The van der Waals surface area contributed by atoms with E-state index in [9.17, 15) is 18.0 Å². The predicted molar refractivity (Wildman–Crippen MR) is 74.7 cm³/mol. The summed E-state index contributed by atoms with van der Waals surface area (Å²) in [5.74, 6) is -0.571. The summed E-state index contributed by atoms with van der Waals surface area (Å²) in [6.45, 7) is 0. The molecule has 1 aliphatic rings. The Morgan fingerprint density at radius 1 is 1.33 bits per heavy atom. The topological polar surface area (TPSA) is 68.0 Å². The van der Waals surface area contributed by atoms with Crippen molar-refractivity contribution >= 4 is 23.1 Å². The lowest BCUT2D eigenvalue weighted by molar-refractivity contribution is -0.137. The molecule has 8 heteroatoms. The van der Waals surface area contributed by atoms with E-state index in [0.717, 1.165) is 25.0 Å². The molecule has 1 heterocycles. The summed E-state index contributed by atoms with van der Waals surface area (Å²) in [6, 6.07) is 1.87. The van der Waals surface area contributed by atoms with Gasteiger partial charge in [-0.25, -0.2) is 0 Å². The van der Waals surface area contributed by atoms with E-state index in [-0.39, 0.29) is 10.7 Å². The highest BCUT2D eigenvalue weighted by Crippen LogP contribution is 2.31. The lowest BCUT2D eigenvalue weighted by Gasteiger charge is -2.28. The Kier molecular flexibility index (Phi) is 4.18. The van der Waals surface area contributed by atoms with Crippen molar-refractivity contribution in [3.63, 3.8) is 0 Å². The third-order valence-corrected chi connectivity index (χ3v) is 4.00. The monoisotopic (exact) mass is 317 g/mol. The molecule has 1 fully saturated rings. The second-order valence-corrected chi connectivity index (χ2v) is 5.48. The average Bonchev–Trinajstić information content (AvgIpc) is 2.88. The van der Waals surface area contributed by atoms with Crippen LogP contribution in [0.15, 0.2) is 18.3 Å². The molecular weight excluding hydrogens is 303 g/mol. The third-order valence-electron chi connectivity index (χ3n) is 3.61. The van der Waals surface area contributed by atoms with Crippen LogP contribution in [0.2, 0.25) is 0 Å². The summed E-state index contributed by atoms with van der Waals surface area (Å²) in [6.07, 6.45) is -0.802. The number of amides is 1. The molecule has 1 aromatic heterocycles. The van der Waals surface area contributed by atoms with Crippen molar-refractivity contribution < 1.29 is 18.0 Å². The summed E-state index contributed by atoms with van der Waals surface area (Å²) in [5, 5.41) is 2.72. The Hall–Kier alpha value is -1.70. The van der Waals surface area contributed by atoms with Crippen molar-refractivity contribution in [3.8, 4) is 0 Å². The minimum absolute atomic E-state index is 0.0921. The first-order valence-electron chi connectivity index (χ1n) is 6.40. The van der Waals surface area contributed by atoms with Gasteiger partial charge in [-0.2, -0.15) is 13.2 Å². The number of nitrogens with one attached hydrogen (secondary N) is 1. The average molecular weight is 317 g/mol. The highest BCUT2D eigenvalue weighted by atomic mass is 32.1. The van der Waals surface area contributed by atoms with E-state index in [4.69, 9.17) is 18.0 Å². The number of hydrogen-bond donors (Lipinski definition) is 2. The minimum Gasteiger partial charge on any atom is -0.391 e. The van der Waals surface area contributed by atoms with Gasteiger partial charge in [-0.15, -0.1) is 0 Å². The third kappa shape index (κ3) is 3.31. The second-order valence-electron chi connectivity index (χ2n) is 5.04. The van der Waals surface area contributed by atoms with Gasteiger partial charge in [0.15, 0.2) is 0 Å². The van der Waals surface area contributed by atoms with E-state index < -0.39 is 23.2 Å². The second kappa shape index (κ2) is 5.59. The maximum Gasteiger partial charge on any atom is 0.417 e. The van der Waals surface area contributed by atoms with E-state index in [1.165, 1.54) is 0 Å². The van der Waals surface area contributed by atoms with E-state index in [0.29, 0.717) is 19.0 Å². The van der Waals surface area contributed by atoms with Crippen LogP contribution < -0.4 is 11.1 Å². The van der Waals surface area contributed by atoms with Crippen molar-refractivity contribution in [1.29, 1.82) is 0 Å². The molecule has 3 N–H and O–H groups in total. The normalized spacial score (nSPS) is 17.5. The molecule has 0 radical (unpaired) electrons. The van der Waals surface area contributed by atoms with Gasteiger partial charge in [0.05, 0.1) is 16.1 Å². The molecule has 21 heavy (non-hydrogen) atoms. The van der Waals surface area contributed by atoms with E-state index >= 15 is 0 Å². The van der Waals surface area contributed by atoms with Crippen LogP contribution >= 0.6 is 12.2 Å². The number of hydrogen-bond acceptors (Lipinski definition) is 3. The van der Waals surface area contributed by atoms with Crippen molar-refractivity contribution in [2.45, 2.75) is 37.4 Å². The van der Waals surface area contributed by atoms with Crippen LogP contribution in [0.3, 0.4) is 0 Å². The van der Waals surface area contributed by atoms with Crippen molar-refractivity contribution in [1.82, 2.24) is 10.3 Å². The van der Waals surface area contributed by atoms with Crippen LogP contribution in [0, 0.1) is 0 Å². The zero-order valence-corrected chi connectivity index (χ0v) is 11.9. The Balaban J connectivity index is 2.15. The minimum atomic E-state index is -4.48. The molecular formula is C13H14F3N3OS. The number of alkyl halides is 3. The number of nitrogens with zero attached hydrogens (tertiary/aromatic N) is 1. The maximum absolute atomic E-state index is 12.4. The van der Waals surface area contributed by atoms with Crippen LogP contribution in [-0.2, 0) is 6.18 Å². The molecule has 1 saturated carbocycles. The Morgan fingerprint density at radius 3 is 2.38 bits per heavy atom. The zero-order chi connectivity index (χ0) is 15.7. The molecule has 114 valence electrons. The molecule has 1 aliphatic carbocycles. The predicted octanol–water partition coefficient (Wildman–Crippen LogP) is 2.43. The van der Waals surface area contributed by atoms with E-state index in [1.54, 1.807) is 0 Å². The molecule has 0 spiro atoms. The molecule has 0 aliphatic heterocycles. The van der Waals surface area contributed by atoms with Crippen molar-refractivity contribution in [2.24, 2.45) is 5.73 Å². The van der Waals surface area contributed by atoms with Gasteiger partial charge in [-0.1, -0.05) is 25.1 Å². The summed E-state index contributed by atoms with van der Waals surface area (Å²) < 4.78 is 37.3. The largest absolute Gasteiger partial charge is 0.417 e. The van der Waals surface area contributed by atoms with Crippen molar-refractivity contribution in [2.75, 3.05) is 0 Å². The van der Waals surface area contributed by atoms with Gasteiger partial charge < -0.3 is 11.1 Å². The quantitative estimate of drug-likeness (QED) is 0.840. The Bertz CT molecular complexity index is 551. The summed E-state index contributed by atoms with van der Waals surface area (Å²) in [5.41, 5.74) is 3.94. The molecule has 0 atom stereocenters. The molecule has 1 aromatic rings. The number of carbonyl (C=O) groups excluding carboxylic acids is 1. The number of aromatic nitrogens is 1. The van der Waals surface area contributed by atoms with Gasteiger partial charge in [0.2, 0.25) is 0 Å². The fraction of sp³-hybridized carbons (Fsp3) is 0.462. The lowest BCUT2D eigenvalue weighted by atomic mass is 9.97. The van der Waals surface area contributed by atoms with Crippen LogP contribution in [0.25, 0.3) is 0 Å². The van der Waals surface area contributed by atoms with Gasteiger partial charge in [0.1, 0.15) is 5.69 Å². The smallest absolute Gasteiger partial charge is 0.391 e. The molecule has 0 bridgehead atoms. The number of rotatable bonds is 3. The Labute approximate surface area is 124 Å². The van der Waals surface area contributed by atoms with Crippen molar-refractivity contribution in [3.05, 3.63) is 29.6 Å². The SMILES string of the molecule is NC(=S)C1(NC(=O)c2ccc(C(F)(F)F)cn2)CCCC1. The van der Waals surface area contributed by atoms with Gasteiger partial charge in [-0.05, 0) is 25.0 Å². The van der Waals surface area contributed by atoms with Crippen LogP contribution in [0.4, 0.5) is 13.2 Å². The number of halogens is 3. The van der Waals surface area contributed by atoms with Crippen LogP contribution in [0.1, 0.15) is 41.7 Å². The zero-order valence-electron chi connectivity index (χ0n) is 11.0. The lowest BCUT2D eigenvalue weighted by Crippen LogP contribution is -2.54. The molecule has 1 amide bonds. The first kappa shape index (κ1) is 15.7. The fourth-order valence-corrected chi connectivity index (χ4v) is 2.64. The van der Waals surface area contributed by atoms with Gasteiger partial charge in [0.25, 0.3) is 5.91 Å². The van der Waals surface area contributed by atoms with E-state index in [1.807, 2.05) is 0 Å². The number of pyridine rings is 1. The first-order valence-corrected chi connectivity index (χ1v) is 6.81. The number of thiocarbonyl (C=S) groups is 1. The molecule has 0 aromatic carbocycles. The number of carbonyl (C=O) groups is 1. The van der Waals surface area contributed by atoms with E-state index in [2.05, 4.69) is 10.3 Å². The molecule has 0 saturated heterocycles. The summed E-state index contributed by atoms with van der Waals surface area (Å²) in [4.78, 5) is 15.9. The van der Waals surface area contributed by atoms with Crippen LogP contribution in [-0.4, -0.2) is 21.4 Å². The highest BCUT2D eigenvalue weighted by Gasteiger charge is 2.38. The van der Waals surface area contributed by atoms with Crippen LogP contribution in [0.5, 0.6) is 0 Å². The van der Waals surface area contributed by atoms with Gasteiger partial charge in [-0.3, -0.25) is 9.78 Å². The Morgan fingerprint density at radius 2 is 1.95 bits per heavy atom. The van der Waals surface area contributed by atoms with Gasteiger partial charge in [0, 0.05) is 6.20 Å². The summed E-state index contributed by atoms with van der Waals surface area (Å²) >= 11 is 5.00.